The van der Waals surface area contributed by atoms with Gasteiger partial charge in [0.25, 0.3) is 5.91 Å². The van der Waals surface area contributed by atoms with Crippen molar-refractivity contribution >= 4 is 23.5 Å². The van der Waals surface area contributed by atoms with Crippen molar-refractivity contribution in [2.45, 2.75) is 13.8 Å². The van der Waals surface area contributed by atoms with Gasteiger partial charge in [0.1, 0.15) is 11.5 Å². The van der Waals surface area contributed by atoms with E-state index in [0.29, 0.717) is 23.0 Å². The first kappa shape index (κ1) is 18.2. The number of nitrogens with zero attached hydrogens (tertiary/aromatic N) is 2. The molecular formula is C25H20N2O3. The van der Waals surface area contributed by atoms with E-state index in [1.165, 1.54) is 0 Å². The Hall–Kier alpha value is -3.86. The fourth-order valence-corrected chi connectivity index (χ4v) is 3.51. The highest BCUT2D eigenvalue weighted by Gasteiger charge is 2.32. The Morgan fingerprint density at radius 2 is 1.53 bits per heavy atom. The number of hydrogen-bond donors (Lipinski definition) is 0. The largest absolute Gasteiger partial charge is 0.454 e. The van der Waals surface area contributed by atoms with Gasteiger partial charge in [0, 0.05) is 5.56 Å². The van der Waals surface area contributed by atoms with Crippen molar-refractivity contribution in [3.63, 3.8) is 0 Å². The molecule has 0 fully saturated rings. The van der Waals surface area contributed by atoms with E-state index in [9.17, 15) is 4.79 Å². The lowest BCUT2D eigenvalue weighted by atomic mass is 10.1. The predicted octanol–water partition coefficient (Wildman–Crippen LogP) is 4.87. The molecule has 1 amide bonds. The highest BCUT2D eigenvalue weighted by molar-refractivity contribution is 6.33. The van der Waals surface area contributed by atoms with Gasteiger partial charge in [-0.3, -0.25) is 9.69 Å². The minimum absolute atomic E-state index is 0.160. The van der Waals surface area contributed by atoms with Crippen LogP contribution in [0.1, 0.15) is 22.3 Å². The topological polar surface area (TPSA) is 51.1 Å². The van der Waals surface area contributed by atoms with Crippen LogP contribution in [0.4, 0.5) is 5.69 Å². The maximum absolute atomic E-state index is 13.4. The molecule has 5 rings (SSSR count). The second-order valence-electron chi connectivity index (χ2n) is 7.42. The van der Waals surface area contributed by atoms with E-state index >= 15 is 0 Å². The normalized spacial score (nSPS) is 16.3. The summed E-state index contributed by atoms with van der Waals surface area (Å²) in [6.45, 7) is 4.27. The fraction of sp³-hybridized carbons (Fsp3) is 0.120. The summed E-state index contributed by atoms with van der Waals surface area (Å²) in [6, 6.07) is 21.5. The average Bonchev–Trinajstić information content (AvgIpc) is 3.34. The standard InChI is InChI=1S/C25H20N2O3/c1-16-3-8-19(9-4-16)24-26-21(13-18-7-12-22-23(14-18)30-15-29-22)25(28)27(24)20-10-5-17(2)6-11-20/h3-14H,15H2,1-2H3/b21-13+. The summed E-state index contributed by atoms with van der Waals surface area (Å²) in [7, 11) is 0. The molecule has 2 aliphatic rings. The number of amides is 1. The quantitative estimate of drug-likeness (QED) is 0.594. The number of anilines is 1. The van der Waals surface area contributed by atoms with Crippen LogP contribution in [0.3, 0.4) is 0 Å². The lowest BCUT2D eigenvalue weighted by Gasteiger charge is -2.19. The van der Waals surface area contributed by atoms with Crippen molar-refractivity contribution in [2.24, 2.45) is 4.99 Å². The lowest BCUT2D eigenvalue weighted by molar-refractivity contribution is -0.113. The van der Waals surface area contributed by atoms with E-state index in [1.54, 1.807) is 11.0 Å². The van der Waals surface area contributed by atoms with Gasteiger partial charge >= 0.3 is 0 Å². The molecule has 30 heavy (non-hydrogen) atoms. The summed E-state index contributed by atoms with van der Waals surface area (Å²) >= 11 is 0. The van der Waals surface area contributed by atoms with Crippen molar-refractivity contribution in [2.75, 3.05) is 11.7 Å². The monoisotopic (exact) mass is 396 g/mol. The van der Waals surface area contributed by atoms with Crippen LogP contribution in [0.25, 0.3) is 6.08 Å². The van der Waals surface area contributed by atoms with Crippen LogP contribution in [0, 0.1) is 13.8 Å². The third-order valence-corrected chi connectivity index (χ3v) is 5.16. The van der Waals surface area contributed by atoms with Gasteiger partial charge in [0.15, 0.2) is 11.5 Å². The van der Waals surface area contributed by atoms with Crippen LogP contribution < -0.4 is 14.4 Å². The molecule has 5 heteroatoms. The molecule has 3 aromatic rings. The minimum Gasteiger partial charge on any atom is -0.454 e. The van der Waals surface area contributed by atoms with Crippen LogP contribution in [-0.2, 0) is 4.79 Å². The van der Waals surface area contributed by atoms with Gasteiger partial charge in [-0.05, 0) is 49.8 Å². The van der Waals surface area contributed by atoms with Crippen molar-refractivity contribution in [3.05, 3.63) is 94.7 Å². The predicted molar refractivity (Wildman–Crippen MR) is 117 cm³/mol. The number of benzene rings is 3. The minimum atomic E-state index is -0.160. The smallest absolute Gasteiger partial charge is 0.282 e. The molecule has 2 aliphatic heterocycles. The number of carbonyl (C=O) groups excluding carboxylic acids is 1. The van der Waals surface area contributed by atoms with Gasteiger partial charge in [0.05, 0.1) is 5.69 Å². The van der Waals surface area contributed by atoms with E-state index < -0.39 is 0 Å². The zero-order valence-electron chi connectivity index (χ0n) is 16.8. The SMILES string of the molecule is Cc1ccc(C2=N/C(=C/c3ccc4c(c3)OCO4)C(=O)N2c2ccc(C)cc2)cc1. The number of carbonyl (C=O) groups is 1. The van der Waals surface area contributed by atoms with E-state index in [4.69, 9.17) is 14.5 Å². The van der Waals surface area contributed by atoms with Crippen LogP contribution in [0.5, 0.6) is 11.5 Å². The summed E-state index contributed by atoms with van der Waals surface area (Å²) in [6.07, 6.45) is 1.78. The molecule has 5 nitrogen and oxygen atoms in total. The Kier molecular flexibility index (Phi) is 4.36. The first-order valence-corrected chi connectivity index (χ1v) is 9.77. The molecule has 3 aromatic carbocycles. The molecule has 0 aromatic heterocycles. The van der Waals surface area contributed by atoms with Crippen molar-refractivity contribution in [1.82, 2.24) is 0 Å². The average molecular weight is 396 g/mol. The Bertz CT molecular complexity index is 1190. The molecular weight excluding hydrogens is 376 g/mol. The summed E-state index contributed by atoms with van der Waals surface area (Å²) in [5.74, 6) is 1.84. The van der Waals surface area contributed by atoms with Crippen LogP contribution in [0.2, 0.25) is 0 Å². The number of rotatable bonds is 3. The molecule has 0 bridgehead atoms. The van der Waals surface area contributed by atoms with Crippen molar-refractivity contribution in [3.8, 4) is 11.5 Å². The number of ether oxygens (including phenoxy) is 2. The molecule has 0 unspecified atom stereocenters. The van der Waals surface area contributed by atoms with Crippen LogP contribution >= 0.6 is 0 Å². The zero-order valence-corrected chi connectivity index (χ0v) is 16.8. The third-order valence-electron chi connectivity index (χ3n) is 5.16. The lowest BCUT2D eigenvalue weighted by Crippen LogP contribution is -2.32. The molecule has 0 aliphatic carbocycles. The van der Waals surface area contributed by atoms with Crippen LogP contribution in [-0.4, -0.2) is 18.5 Å². The fourth-order valence-electron chi connectivity index (χ4n) is 3.51. The number of fused-ring (bicyclic) bond motifs is 1. The summed E-state index contributed by atoms with van der Waals surface area (Å²) in [5, 5.41) is 0. The maximum atomic E-state index is 13.4. The maximum Gasteiger partial charge on any atom is 0.282 e. The molecule has 0 atom stereocenters. The molecule has 0 saturated heterocycles. The zero-order chi connectivity index (χ0) is 20.7. The second-order valence-corrected chi connectivity index (χ2v) is 7.42. The molecule has 0 N–H and O–H groups in total. The summed E-state index contributed by atoms with van der Waals surface area (Å²) in [4.78, 5) is 19.8. The number of hydrogen-bond acceptors (Lipinski definition) is 4. The van der Waals surface area contributed by atoms with Gasteiger partial charge in [-0.15, -0.1) is 0 Å². The van der Waals surface area contributed by atoms with E-state index in [1.807, 2.05) is 80.6 Å². The molecule has 2 heterocycles. The number of aryl methyl sites for hydroxylation is 2. The summed E-state index contributed by atoms with van der Waals surface area (Å²) in [5.41, 5.74) is 5.19. The van der Waals surface area contributed by atoms with E-state index in [0.717, 1.165) is 27.9 Å². The molecule has 148 valence electrons. The van der Waals surface area contributed by atoms with Crippen molar-refractivity contribution < 1.29 is 14.3 Å². The van der Waals surface area contributed by atoms with Gasteiger partial charge in [-0.25, -0.2) is 4.99 Å². The molecule has 0 spiro atoms. The second kappa shape index (κ2) is 7.19. The van der Waals surface area contributed by atoms with E-state index in [-0.39, 0.29) is 12.7 Å². The molecule has 0 saturated carbocycles. The first-order valence-electron chi connectivity index (χ1n) is 9.77. The van der Waals surface area contributed by atoms with Gasteiger partial charge in [0.2, 0.25) is 6.79 Å². The Balaban J connectivity index is 1.59. The van der Waals surface area contributed by atoms with Crippen LogP contribution in [0.15, 0.2) is 77.4 Å². The Morgan fingerprint density at radius 1 is 0.867 bits per heavy atom. The van der Waals surface area contributed by atoms with Gasteiger partial charge in [-0.1, -0.05) is 53.6 Å². The Morgan fingerprint density at radius 3 is 2.27 bits per heavy atom. The highest BCUT2D eigenvalue weighted by Crippen LogP contribution is 2.34. The highest BCUT2D eigenvalue weighted by atomic mass is 16.7. The number of aliphatic imine (C=N–C) groups is 1. The van der Waals surface area contributed by atoms with Crippen molar-refractivity contribution in [1.29, 1.82) is 0 Å². The third kappa shape index (κ3) is 3.24. The number of amidine groups is 1. The summed E-state index contributed by atoms with van der Waals surface area (Å²) < 4.78 is 10.8. The van der Waals surface area contributed by atoms with Gasteiger partial charge in [-0.2, -0.15) is 0 Å². The van der Waals surface area contributed by atoms with Gasteiger partial charge < -0.3 is 9.47 Å². The Labute approximate surface area is 174 Å². The van der Waals surface area contributed by atoms with E-state index in [2.05, 4.69) is 0 Å². The first-order chi connectivity index (χ1) is 14.6. The molecule has 0 radical (unpaired) electrons.